The largest absolute Gasteiger partial charge is 0.417 e. The Morgan fingerprint density at radius 1 is 1.15 bits per heavy atom. The lowest BCUT2D eigenvalue weighted by Gasteiger charge is -2.09. The first-order chi connectivity index (χ1) is 16.2. The summed E-state index contributed by atoms with van der Waals surface area (Å²) in [6.07, 6.45) is -3.34. The number of aryl methyl sites for hydroxylation is 1. The molecule has 0 saturated carbocycles. The second-order valence-electron chi connectivity index (χ2n) is 7.42. The molecule has 8 nitrogen and oxygen atoms in total. The second-order valence-corrected chi connectivity index (χ2v) is 7.42. The van der Waals surface area contributed by atoms with Gasteiger partial charge >= 0.3 is 6.18 Å². The number of nitrogens with zero attached hydrogens (tertiary/aromatic N) is 4. The van der Waals surface area contributed by atoms with Crippen LogP contribution in [-0.2, 0) is 23.9 Å². The Kier molecular flexibility index (Phi) is 6.26. The van der Waals surface area contributed by atoms with Gasteiger partial charge in [0, 0.05) is 12.0 Å². The Balaban J connectivity index is 1.57. The maximum Gasteiger partial charge on any atom is 0.417 e. The van der Waals surface area contributed by atoms with Crippen LogP contribution in [0.1, 0.15) is 28.1 Å². The van der Waals surface area contributed by atoms with Crippen molar-refractivity contribution in [1.29, 1.82) is 0 Å². The summed E-state index contributed by atoms with van der Waals surface area (Å²) < 4.78 is 45.5. The van der Waals surface area contributed by atoms with Crippen LogP contribution in [-0.4, -0.2) is 27.1 Å². The molecular weight excluding hydrogens is 451 g/mol. The quantitative estimate of drug-likeness (QED) is 0.344. The number of aromatic nitrogens is 3. The molecule has 0 bridgehead atoms. The van der Waals surface area contributed by atoms with Crippen molar-refractivity contribution < 1.29 is 22.5 Å². The average molecular weight is 469 g/mol. The zero-order valence-corrected chi connectivity index (χ0v) is 17.8. The van der Waals surface area contributed by atoms with E-state index in [2.05, 4.69) is 20.8 Å². The van der Waals surface area contributed by atoms with E-state index in [1.54, 1.807) is 6.92 Å². The number of hydrogen-bond acceptors (Lipinski definition) is 6. The molecule has 0 unspecified atom stereocenters. The molecule has 0 aliphatic heterocycles. The normalized spacial score (nSPS) is 11.9. The molecule has 0 radical (unpaired) electrons. The van der Waals surface area contributed by atoms with E-state index in [1.807, 2.05) is 30.3 Å². The topological polar surface area (TPSA) is 102 Å². The van der Waals surface area contributed by atoms with Crippen molar-refractivity contribution in [3.63, 3.8) is 0 Å². The molecule has 1 amide bonds. The van der Waals surface area contributed by atoms with Crippen molar-refractivity contribution in [2.45, 2.75) is 26.1 Å². The van der Waals surface area contributed by atoms with Crippen LogP contribution in [0.2, 0.25) is 0 Å². The summed E-state index contributed by atoms with van der Waals surface area (Å²) in [6.45, 7) is 1.10. The van der Waals surface area contributed by atoms with Crippen molar-refractivity contribution in [2.24, 2.45) is 5.10 Å². The van der Waals surface area contributed by atoms with Crippen LogP contribution < -0.4 is 11.0 Å². The van der Waals surface area contributed by atoms with Crippen LogP contribution in [0.25, 0.3) is 11.0 Å². The highest BCUT2D eigenvalue weighted by atomic mass is 19.4. The number of halogens is 3. The van der Waals surface area contributed by atoms with Crippen LogP contribution in [0.4, 0.5) is 13.2 Å². The van der Waals surface area contributed by atoms with Gasteiger partial charge in [0.1, 0.15) is 17.6 Å². The Bertz CT molecular complexity index is 1430. The van der Waals surface area contributed by atoms with Crippen LogP contribution in [0.5, 0.6) is 0 Å². The predicted octanol–water partition coefficient (Wildman–Crippen LogP) is 3.45. The Morgan fingerprint density at radius 3 is 2.59 bits per heavy atom. The van der Waals surface area contributed by atoms with Gasteiger partial charge in [-0.3, -0.25) is 9.59 Å². The molecule has 4 aromatic rings. The van der Waals surface area contributed by atoms with Crippen LogP contribution in [0.15, 0.2) is 69.0 Å². The summed E-state index contributed by atoms with van der Waals surface area (Å²) in [6, 6.07) is 14.2. The number of carbonyl (C=O) groups is 1. The van der Waals surface area contributed by atoms with E-state index in [0.717, 1.165) is 22.5 Å². The zero-order chi connectivity index (χ0) is 24.3. The highest BCUT2D eigenvalue weighted by Crippen LogP contribution is 2.31. The summed E-state index contributed by atoms with van der Waals surface area (Å²) in [5.74, 6) is -0.741. The van der Waals surface area contributed by atoms with Crippen molar-refractivity contribution in [2.75, 3.05) is 0 Å². The van der Waals surface area contributed by atoms with Crippen molar-refractivity contribution >= 4 is 23.1 Å². The SMILES string of the molecule is Cc1noc2c(Cc3ccccc3)nn(CC(=O)N/N=C\c3ccccc3C(F)(F)F)c(=O)c12. The third-order valence-corrected chi connectivity index (χ3v) is 4.98. The molecule has 2 aromatic heterocycles. The fraction of sp³-hybridized carbons (Fsp3) is 0.174. The van der Waals surface area contributed by atoms with E-state index in [4.69, 9.17) is 4.52 Å². The second kappa shape index (κ2) is 9.30. The van der Waals surface area contributed by atoms with Gasteiger partial charge in [0.25, 0.3) is 11.5 Å². The minimum Gasteiger partial charge on any atom is -0.354 e. The van der Waals surface area contributed by atoms with Crippen LogP contribution in [0.3, 0.4) is 0 Å². The third-order valence-electron chi connectivity index (χ3n) is 4.98. The molecule has 174 valence electrons. The molecule has 0 spiro atoms. The summed E-state index contributed by atoms with van der Waals surface area (Å²) in [7, 11) is 0. The van der Waals surface area contributed by atoms with Crippen molar-refractivity contribution in [3.05, 3.63) is 93.0 Å². The number of rotatable bonds is 6. The minimum atomic E-state index is -4.56. The number of hydrazone groups is 1. The Hall–Kier alpha value is -4.28. The van der Waals surface area contributed by atoms with E-state index >= 15 is 0 Å². The van der Waals surface area contributed by atoms with E-state index in [0.29, 0.717) is 17.8 Å². The number of hydrogen-bond donors (Lipinski definition) is 1. The van der Waals surface area contributed by atoms with Gasteiger partial charge in [0.05, 0.1) is 17.5 Å². The average Bonchev–Trinajstić information content (AvgIpc) is 3.19. The molecular formula is C23H18F3N5O3. The summed E-state index contributed by atoms with van der Waals surface area (Å²) in [5, 5.41) is 11.9. The van der Waals surface area contributed by atoms with E-state index < -0.39 is 29.8 Å². The molecule has 4 rings (SSSR count). The van der Waals surface area contributed by atoms with Gasteiger partial charge in [-0.15, -0.1) is 0 Å². The molecule has 2 heterocycles. The number of carbonyl (C=O) groups excluding carboxylic acids is 1. The molecule has 34 heavy (non-hydrogen) atoms. The van der Waals surface area contributed by atoms with Gasteiger partial charge in [-0.05, 0) is 18.6 Å². The number of fused-ring (bicyclic) bond motifs is 1. The fourth-order valence-electron chi connectivity index (χ4n) is 3.41. The first-order valence-electron chi connectivity index (χ1n) is 10.1. The Labute approximate surface area is 190 Å². The fourth-order valence-corrected chi connectivity index (χ4v) is 3.41. The first kappa shape index (κ1) is 22.9. The summed E-state index contributed by atoms with van der Waals surface area (Å²) >= 11 is 0. The maximum atomic E-state index is 13.1. The van der Waals surface area contributed by atoms with E-state index in [1.165, 1.54) is 18.2 Å². The van der Waals surface area contributed by atoms with Crippen LogP contribution >= 0.6 is 0 Å². The zero-order valence-electron chi connectivity index (χ0n) is 17.8. The lowest BCUT2D eigenvalue weighted by atomic mass is 10.1. The standard InChI is InChI=1S/C23H18F3N5O3/c1-14-20-21(34-30-14)18(11-15-7-3-2-4-8-15)29-31(22(20)33)13-19(32)28-27-12-16-9-5-6-10-17(16)23(24,25)26/h2-10,12H,11,13H2,1H3,(H,28,32)/b27-12-. The maximum absolute atomic E-state index is 13.1. The number of amides is 1. The predicted molar refractivity (Wildman–Crippen MR) is 117 cm³/mol. The number of nitrogens with one attached hydrogen (secondary N) is 1. The number of alkyl halides is 3. The van der Waals surface area contributed by atoms with E-state index in [-0.39, 0.29) is 16.5 Å². The molecule has 11 heteroatoms. The van der Waals surface area contributed by atoms with Gasteiger partial charge in [0.2, 0.25) is 0 Å². The van der Waals surface area contributed by atoms with Crippen molar-refractivity contribution in [3.8, 4) is 0 Å². The first-order valence-corrected chi connectivity index (χ1v) is 10.1. The van der Waals surface area contributed by atoms with Gasteiger partial charge in [-0.25, -0.2) is 10.1 Å². The molecule has 2 aromatic carbocycles. The Morgan fingerprint density at radius 2 is 1.85 bits per heavy atom. The van der Waals surface area contributed by atoms with E-state index in [9.17, 15) is 22.8 Å². The van der Waals surface area contributed by atoms with Gasteiger partial charge < -0.3 is 4.52 Å². The lowest BCUT2D eigenvalue weighted by molar-refractivity contribution is -0.137. The highest BCUT2D eigenvalue weighted by molar-refractivity contribution is 5.84. The smallest absolute Gasteiger partial charge is 0.354 e. The molecule has 0 atom stereocenters. The highest BCUT2D eigenvalue weighted by Gasteiger charge is 2.32. The molecule has 0 saturated heterocycles. The minimum absolute atomic E-state index is 0.205. The lowest BCUT2D eigenvalue weighted by Crippen LogP contribution is -2.32. The summed E-state index contributed by atoms with van der Waals surface area (Å²) in [5.41, 5.74) is 2.38. The molecule has 0 fully saturated rings. The third kappa shape index (κ3) is 4.87. The molecule has 0 aliphatic carbocycles. The van der Waals surface area contributed by atoms with Gasteiger partial charge in [-0.2, -0.15) is 23.4 Å². The van der Waals surface area contributed by atoms with Gasteiger partial charge in [0.15, 0.2) is 5.58 Å². The van der Waals surface area contributed by atoms with Gasteiger partial charge in [-0.1, -0.05) is 53.7 Å². The monoisotopic (exact) mass is 469 g/mol. The molecule has 0 aliphatic rings. The summed E-state index contributed by atoms with van der Waals surface area (Å²) in [4.78, 5) is 25.2. The van der Waals surface area contributed by atoms with Crippen molar-refractivity contribution in [1.82, 2.24) is 20.4 Å². The van der Waals surface area contributed by atoms with Crippen LogP contribution in [0, 0.1) is 6.92 Å². The molecule has 1 N–H and O–H groups in total. The number of benzene rings is 2.